The number of anilines is 3. The minimum Gasteiger partial charge on any atom is -0.489 e. The van der Waals surface area contributed by atoms with Crippen LogP contribution in [0.15, 0.2) is 53.7 Å². The third-order valence-electron chi connectivity index (χ3n) is 8.82. The Morgan fingerprint density at radius 1 is 1.04 bits per heavy atom. The number of carbonyl (C=O) groups is 1. The Morgan fingerprint density at radius 2 is 1.89 bits per heavy atom. The minimum absolute atomic E-state index is 0.0443. The van der Waals surface area contributed by atoms with Gasteiger partial charge in [-0.1, -0.05) is 0 Å². The van der Waals surface area contributed by atoms with Crippen molar-refractivity contribution in [1.82, 2.24) is 20.3 Å². The van der Waals surface area contributed by atoms with E-state index in [0.29, 0.717) is 36.0 Å². The molecule has 14 heteroatoms. The third-order valence-corrected chi connectivity index (χ3v) is 10.6. The molecular weight excluding hydrogens is 606 g/mol. The van der Waals surface area contributed by atoms with Gasteiger partial charge >= 0.3 is 0 Å². The van der Waals surface area contributed by atoms with Crippen molar-refractivity contribution in [3.05, 3.63) is 65.9 Å². The van der Waals surface area contributed by atoms with Gasteiger partial charge in [-0.3, -0.25) is 9.78 Å². The number of pyridine rings is 3. The highest BCUT2D eigenvalue weighted by molar-refractivity contribution is 7.92. The molecule has 1 aromatic carbocycles. The number of amides is 1. The molecule has 1 saturated carbocycles. The standard InChI is InChI=1S/C31H28F2N6O5S/c32-23-8-18(9-26-29(23)44-5-3-27(33)45(26,41)42)31(40)36-13-21-10-24-17(12-34-21)1-2-28(37-24)39-4-6-43-25-11-22(14-35-30(25)39)38-15-19-7-20(19)16-38/h1-2,8-12,14,19-20,27H,3-7,13,15-16H2,(H,36,40)/t19?,20?,27-/m1/s1. The number of halogens is 2. The van der Waals surface area contributed by atoms with E-state index >= 15 is 0 Å². The number of hydrogen-bond donors (Lipinski definition) is 1. The summed E-state index contributed by atoms with van der Waals surface area (Å²) in [5, 5.41) is 3.42. The number of fused-ring (bicyclic) bond motifs is 4. The molecule has 3 aromatic heterocycles. The summed E-state index contributed by atoms with van der Waals surface area (Å²) in [5.41, 5.74) is -0.348. The molecule has 1 N–H and O–H groups in total. The van der Waals surface area contributed by atoms with Crippen LogP contribution in [0.5, 0.6) is 11.5 Å². The zero-order chi connectivity index (χ0) is 30.9. The fourth-order valence-electron chi connectivity index (χ4n) is 6.26. The largest absolute Gasteiger partial charge is 0.489 e. The number of sulfone groups is 1. The van der Waals surface area contributed by atoms with E-state index in [2.05, 4.69) is 21.3 Å². The molecule has 3 aliphatic heterocycles. The maximum absolute atomic E-state index is 14.7. The van der Waals surface area contributed by atoms with Gasteiger partial charge in [0.25, 0.3) is 5.91 Å². The molecule has 1 aliphatic carbocycles. The van der Waals surface area contributed by atoms with Crippen LogP contribution < -0.4 is 24.6 Å². The summed E-state index contributed by atoms with van der Waals surface area (Å²) in [4.78, 5) is 30.6. The number of benzene rings is 1. The van der Waals surface area contributed by atoms with Gasteiger partial charge in [0, 0.05) is 42.7 Å². The van der Waals surface area contributed by atoms with Gasteiger partial charge in [0.1, 0.15) is 17.3 Å². The Kier molecular flexibility index (Phi) is 6.52. The van der Waals surface area contributed by atoms with E-state index in [1.54, 1.807) is 12.3 Å². The first-order chi connectivity index (χ1) is 21.7. The van der Waals surface area contributed by atoms with E-state index < -0.39 is 44.1 Å². The van der Waals surface area contributed by atoms with Crippen LogP contribution in [0, 0.1) is 17.7 Å². The number of aromatic nitrogens is 3. The molecule has 6 heterocycles. The first-order valence-electron chi connectivity index (χ1n) is 14.8. The smallest absolute Gasteiger partial charge is 0.251 e. The van der Waals surface area contributed by atoms with Crippen LogP contribution in [0.3, 0.4) is 0 Å². The fourth-order valence-corrected chi connectivity index (χ4v) is 7.65. The van der Waals surface area contributed by atoms with Crippen molar-refractivity contribution in [2.75, 3.05) is 42.6 Å². The normalized spacial score (nSPS) is 22.8. The quantitative estimate of drug-likeness (QED) is 0.345. The number of alkyl halides is 1. The van der Waals surface area contributed by atoms with Crippen LogP contribution in [0.1, 0.15) is 28.9 Å². The number of nitrogens with zero attached hydrogens (tertiary/aromatic N) is 5. The number of carbonyl (C=O) groups excluding carboxylic acids is 1. The summed E-state index contributed by atoms with van der Waals surface area (Å²) < 4.78 is 65.2. The summed E-state index contributed by atoms with van der Waals surface area (Å²) in [6.07, 6.45) is 4.43. The van der Waals surface area contributed by atoms with Crippen molar-refractivity contribution in [2.45, 2.75) is 29.8 Å². The van der Waals surface area contributed by atoms with Crippen LogP contribution in [-0.4, -0.2) is 67.6 Å². The minimum atomic E-state index is -4.52. The van der Waals surface area contributed by atoms with E-state index in [9.17, 15) is 22.0 Å². The van der Waals surface area contributed by atoms with Crippen LogP contribution in [0.2, 0.25) is 0 Å². The summed E-state index contributed by atoms with van der Waals surface area (Å²) in [6, 6.07) is 9.41. The van der Waals surface area contributed by atoms with Crippen LogP contribution in [-0.2, 0) is 16.4 Å². The number of nitrogens with one attached hydrogen (secondary N) is 1. The number of rotatable bonds is 5. The molecule has 4 aliphatic rings. The predicted molar refractivity (Wildman–Crippen MR) is 160 cm³/mol. The summed E-state index contributed by atoms with van der Waals surface area (Å²) in [7, 11) is -4.52. The average Bonchev–Trinajstić information content (AvgIpc) is 3.69. The van der Waals surface area contributed by atoms with Gasteiger partial charge in [-0.05, 0) is 48.6 Å². The molecule has 2 fully saturated rings. The lowest BCUT2D eigenvalue weighted by Gasteiger charge is -2.30. The second-order valence-corrected chi connectivity index (χ2v) is 13.8. The summed E-state index contributed by atoms with van der Waals surface area (Å²) in [5.74, 6) is 1.33. The lowest BCUT2D eigenvalue weighted by atomic mass is 10.2. The van der Waals surface area contributed by atoms with E-state index in [-0.39, 0.29) is 18.7 Å². The molecule has 11 nitrogen and oxygen atoms in total. The number of hydrogen-bond acceptors (Lipinski definition) is 10. The van der Waals surface area contributed by atoms with E-state index in [0.717, 1.165) is 53.9 Å². The molecule has 0 radical (unpaired) electrons. The van der Waals surface area contributed by atoms with Gasteiger partial charge < -0.3 is 24.6 Å². The zero-order valence-corrected chi connectivity index (χ0v) is 24.8. The summed E-state index contributed by atoms with van der Waals surface area (Å²) >= 11 is 0. The lowest BCUT2D eigenvalue weighted by Crippen LogP contribution is -2.30. The highest BCUT2D eigenvalue weighted by Crippen LogP contribution is 2.47. The Morgan fingerprint density at radius 3 is 2.73 bits per heavy atom. The maximum Gasteiger partial charge on any atom is 0.251 e. The van der Waals surface area contributed by atoms with Gasteiger partial charge in [0.05, 0.1) is 42.8 Å². The SMILES string of the molecule is O=C(NCc1cc2nc(N3CCOc4cc(N5CC6CC6C5)cnc43)ccc2cn1)c1cc(F)c2c(c1)S(=O)(=O)[C@@H](F)CCO2. The lowest BCUT2D eigenvalue weighted by molar-refractivity contribution is 0.0949. The molecule has 0 spiro atoms. The average molecular weight is 635 g/mol. The zero-order valence-electron chi connectivity index (χ0n) is 23.9. The molecule has 1 saturated heterocycles. The van der Waals surface area contributed by atoms with Gasteiger partial charge in [0.2, 0.25) is 15.3 Å². The van der Waals surface area contributed by atoms with Crippen molar-refractivity contribution >= 4 is 44.0 Å². The molecule has 45 heavy (non-hydrogen) atoms. The molecule has 1 amide bonds. The van der Waals surface area contributed by atoms with Crippen molar-refractivity contribution in [3.63, 3.8) is 0 Å². The molecule has 2 unspecified atom stereocenters. The van der Waals surface area contributed by atoms with Gasteiger partial charge in [-0.2, -0.15) is 0 Å². The highest BCUT2D eigenvalue weighted by atomic mass is 32.2. The predicted octanol–water partition coefficient (Wildman–Crippen LogP) is 3.93. The van der Waals surface area contributed by atoms with E-state index in [1.807, 2.05) is 23.2 Å². The molecule has 4 aromatic rings. The Labute approximate surface area is 257 Å². The molecule has 0 bridgehead atoms. The van der Waals surface area contributed by atoms with Crippen LogP contribution in [0.4, 0.5) is 26.1 Å². The fraction of sp³-hybridized carbons (Fsp3) is 0.355. The number of ether oxygens (including phenoxy) is 2. The van der Waals surface area contributed by atoms with Gasteiger partial charge in [-0.15, -0.1) is 0 Å². The Hall–Kier alpha value is -4.59. The molecular formula is C31H28F2N6O5S. The van der Waals surface area contributed by atoms with E-state index in [4.69, 9.17) is 19.4 Å². The van der Waals surface area contributed by atoms with E-state index in [1.165, 1.54) is 6.42 Å². The van der Waals surface area contributed by atoms with Crippen molar-refractivity contribution in [2.24, 2.45) is 11.8 Å². The van der Waals surface area contributed by atoms with Crippen molar-refractivity contribution in [1.29, 1.82) is 0 Å². The Balaban J connectivity index is 1.01. The van der Waals surface area contributed by atoms with Crippen molar-refractivity contribution in [3.8, 4) is 11.5 Å². The molecule has 3 atom stereocenters. The first-order valence-corrected chi connectivity index (χ1v) is 16.3. The monoisotopic (exact) mass is 634 g/mol. The van der Waals surface area contributed by atoms with Crippen LogP contribution >= 0.6 is 0 Å². The summed E-state index contributed by atoms with van der Waals surface area (Å²) in [6.45, 7) is 2.85. The first kappa shape index (κ1) is 27.9. The molecule has 8 rings (SSSR count). The maximum atomic E-state index is 14.7. The van der Waals surface area contributed by atoms with Crippen molar-refractivity contribution < 1.29 is 31.5 Å². The van der Waals surface area contributed by atoms with Gasteiger partial charge in [0.15, 0.2) is 23.1 Å². The second-order valence-electron chi connectivity index (χ2n) is 11.8. The third kappa shape index (κ3) is 4.96. The van der Waals surface area contributed by atoms with Gasteiger partial charge in [-0.25, -0.2) is 27.2 Å². The second kappa shape index (κ2) is 10.5. The highest BCUT2D eigenvalue weighted by Gasteiger charge is 2.45. The number of piperidine rings is 1. The molecule has 232 valence electrons. The topological polar surface area (TPSA) is 127 Å². The van der Waals surface area contributed by atoms with Crippen LogP contribution in [0.25, 0.3) is 10.9 Å². The Bertz CT molecular complexity index is 1970.